The van der Waals surface area contributed by atoms with Crippen LogP contribution in [0.25, 0.3) is 11.3 Å². The molecule has 0 fully saturated rings. The van der Waals surface area contributed by atoms with Crippen LogP contribution in [-0.2, 0) is 4.79 Å². The van der Waals surface area contributed by atoms with Gasteiger partial charge in [-0.2, -0.15) is 0 Å². The van der Waals surface area contributed by atoms with E-state index < -0.39 is 12.1 Å². The fourth-order valence-corrected chi connectivity index (χ4v) is 4.69. The first kappa shape index (κ1) is 20.3. The Balaban J connectivity index is 1.80. The van der Waals surface area contributed by atoms with Crippen molar-refractivity contribution in [3.8, 4) is 17.0 Å². The zero-order valence-corrected chi connectivity index (χ0v) is 18.3. The van der Waals surface area contributed by atoms with Crippen molar-refractivity contribution in [2.45, 2.75) is 46.3 Å². The van der Waals surface area contributed by atoms with Gasteiger partial charge in [0.15, 0.2) is 11.9 Å². The van der Waals surface area contributed by atoms with Gasteiger partial charge in [-0.15, -0.1) is 11.3 Å². The fourth-order valence-electron chi connectivity index (χ4n) is 3.85. The van der Waals surface area contributed by atoms with Gasteiger partial charge in [-0.1, -0.05) is 37.3 Å². The molecule has 1 aliphatic rings. The average molecular weight is 421 g/mol. The predicted octanol–water partition coefficient (Wildman–Crippen LogP) is 5.20. The minimum Gasteiger partial charge on any atom is -0.478 e. The Hall–Kier alpha value is -2.99. The van der Waals surface area contributed by atoms with Gasteiger partial charge in [0, 0.05) is 16.0 Å². The number of amides is 1. The molecule has 1 aliphatic heterocycles. The van der Waals surface area contributed by atoms with Crippen LogP contribution in [0.5, 0.6) is 5.75 Å². The maximum absolute atomic E-state index is 13.3. The Morgan fingerprint density at radius 3 is 2.57 bits per heavy atom. The van der Waals surface area contributed by atoms with E-state index >= 15 is 0 Å². The molecular formula is C24H24N2O3S. The SMILES string of the molecule is CCC1Oc2ccc(-c3nc(C)sc3C)cc2N(C(C)C(=O)c2ccccc2)C1=O. The molecule has 30 heavy (non-hydrogen) atoms. The van der Waals surface area contributed by atoms with Crippen molar-refractivity contribution in [2.24, 2.45) is 0 Å². The van der Waals surface area contributed by atoms with Gasteiger partial charge in [0.1, 0.15) is 5.75 Å². The van der Waals surface area contributed by atoms with Crippen LogP contribution >= 0.6 is 11.3 Å². The summed E-state index contributed by atoms with van der Waals surface area (Å²) in [7, 11) is 0. The summed E-state index contributed by atoms with van der Waals surface area (Å²) in [6, 6.07) is 14.2. The van der Waals surface area contributed by atoms with E-state index in [9.17, 15) is 9.59 Å². The molecule has 3 aromatic rings. The summed E-state index contributed by atoms with van der Waals surface area (Å²) < 4.78 is 5.97. The monoisotopic (exact) mass is 420 g/mol. The summed E-state index contributed by atoms with van der Waals surface area (Å²) >= 11 is 1.64. The first-order valence-electron chi connectivity index (χ1n) is 10.1. The normalized spacial score (nSPS) is 16.7. The van der Waals surface area contributed by atoms with Gasteiger partial charge >= 0.3 is 0 Å². The number of anilines is 1. The van der Waals surface area contributed by atoms with Crippen LogP contribution in [0.15, 0.2) is 48.5 Å². The molecular weight excluding hydrogens is 396 g/mol. The number of aryl methyl sites for hydroxylation is 2. The summed E-state index contributed by atoms with van der Waals surface area (Å²) in [5, 5.41) is 0.989. The number of thiazole rings is 1. The maximum atomic E-state index is 13.3. The van der Waals surface area contributed by atoms with Crippen LogP contribution in [-0.4, -0.2) is 28.8 Å². The highest BCUT2D eigenvalue weighted by Crippen LogP contribution is 2.40. The van der Waals surface area contributed by atoms with Gasteiger partial charge in [-0.25, -0.2) is 4.98 Å². The van der Waals surface area contributed by atoms with E-state index in [0.29, 0.717) is 23.4 Å². The van der Waals surface area contributed by atoms with E-state index in [2.05, 4.69) is 4.98 Å². The highest BCUT2D eigenvalue weighted by molar-refractivity contribution is 7.11. The van der Waals surface area contributed by atoms with Gasteiger partial charge in [0.2, 0.25) is 0 Å². The molecule has 5 nitrogen and oxygen atoms in total. The highest BCUT2D eigenvalue weighted by atomic mass is 32.1. The lowest BCUT2D eigenvalue weighted by atomic mass is 10.00. The molecule has 0 bridgehead atoms. The predicted molar refractivity (Wildman–Crippen MR) is 119 cm³/mol. The number of hydrogen-bond donors (Lipinski definition) is 0. The summed E-state index contributed by atoms with van der Waals surface area (Å²) in [6.07, 6.45) is -0.0645. The Labute approximate surface area is 180 Å². The van der Waals surface area contributed by atoms with Crippen LogP contribution in [0.2, 0.25) is 0 Å². The number of aromatic nitrogens is 1. The van der Waals surface area contributed by atoms with Crippen LogP contribution < -0.4 is 9.64 Å². The quantitative estimate of drug-likeness (QED) is 0.532. The largest absolute Gasteiger partial charge is 0.478 e. The third-order valence-corrected chi connectivity index (χ3v) is 6.26. The van der Waals surface area contributed by atoms with Gasteiger partial charge in [0.25, 0.3) is 5.91 Å². The average Bonchev–Trinajstić information content (AvgIpc) is 3.10. The van der Waals surface area contributed by atoms with Crippen molar-refractivity contribution >= 4 is 28.7 Å². The summed E-state index contributed by atoms with van der Waals surface area (Å²) in [4.78, 5) is 33.8. The molecule has 1 aromatic heterocycles. The Morgan fingerprint density at radius 1 is 1.20 bits per heavy atom. The molecule has 1 amide bonds. The number of ketones is 1. The molecule has 2 atom stereocenters. The van der Waals surface area contributed by atoms with Crippen LogP contribution in [0.1, 0.15) is 40.5 Å². The number of ether oxygens (including phenoxy) is 1. The summed E-state index contributed by atoms with van der Waals surface area (Å²) in [5.74, 6) is 0.324. The van der Waals surface area contributed by atoms with E-state index in [1.165, 1.54) is 0 Å². The molecule has 0 radical (unpaired) electrons. The number of rotatable bonds is 5. The second-order valence-corrected chi connectivity index (χ2v) is 8.86. The maximum Gasteiger partial charge on any atom is 0.268 e. The zero-order chi connectivity index (χ0) is 21.4. The zero-order valence-electron chi connectivity index (χ0n) is 17.5. The fraction of sp³-hybridized carbons (Fsp3) is 0.292. The van der Waals surface area contributed by atoms with Crippen molar-refractivity contribution in [3.05, 3.63) is 64.0 Å². The second kappa shape index (κ2) is 8.03. The molecule has 2 heterocycles. The molecule has 4 rings (SSSR count). The van der Waals surface area contributed by atoms with Crippen molar-refractivity contribution in [1.29, 1.82) is 0 Å². The molecule has 0 spiro atoms. The third-order valence-electron chi connectivity index (χ3n) is 5.37. The van der Waals surface area contributed by atoms with Gasteiger partial charge < -0.3 is 4.74 Å². The molecule has 0 saturated carbocycles. The smallest absolute Gasteiger partial charge is 0.268 e. The standard InChI is InChI=1S/C24H24N2O3S/c1-5-20-24(28)26(14(2)23(27)17-9-7-6-8-10-17)19-13-18(11-12-21(19)29-20)22-15(3)30-16(4)25-22/h6-14,20H,5H2,1-4H3. The van der Waals surface area contributed by atoms with Crippen molar-refractivity contribution in [1.82, 2.24) is 4.98 Å². The summed E-state index contributed by atoms with van der Waals surface area (Å²) in [6.45, 7) is 7.70. The van der Waals surface area contributed by atoms with E-state index in [4.69, 9.17) is 4.74 Å². The van der Waals surface area contributed by atoms with E-state index in [1.54, 1.807) is 35.3 Å². The van der Waals surface area contributed by atoms with Crippen molar-refractivity contribution in [2.75, 3.05) is 4.90 Å². The van der Waals surface area contributed by atoms with Gasteiger partial charge in [-0.05, 0) is 45.4 Å². The van der Waals surface area contributed by atoms with Crippen LogP contribution in [0, 0.1) is 13.8 Å². The number of Topliss-reactive ketones (excluding diaryl/α,β-unsaturated/α-hetero) is 1. The minimum atomic E-state index is -0.648. The topological polar surface area (TPSA) is 59.5 Å². The number of carbonyl (C=O) groups excluding carboxylic acids is 2. The van der Waals surface area contributed by atoms with Crippen molar-refractivity contribution in [3.63, 3.8) is 0 Å². The molecule has 2 unspecified atom stereocenters. The van der Waals surface area contributed by atoms with E-state index in [-0.39, 0.29) is 11.7 Å². The number of hydrogen-bond acceptors (Lipinski definition) is 5. The Morgan fingerprint density at radius 2 is 1.93 bits per heavy atom. The minimum absolute atomic E-state index is 0.0993. The van der Waals surface area contributed by atoms with Crippen LogP contribution in [0.3, 0.4) is 0 Å². The number of fused-ring (bicyclic) bond motifs is 1. The van der Waals surface area contributed by atoms with Gasteiger partial charge in [0.05, 0.1) is 22.4 Å². The third kappa shape index (κ3) is 3.52. The first-order chi connectivity index (χ1) is 14.4. The molecule has 0 aliphatic carbocycles. The number of nitrogens with zero attached hydrogens (tertiary/aromatic N) is 2. The number of benzene rings is 2. The number of carbonyl (C=O) groups is 2. The molecule has 0 saturated heterocycles. The molecule has 6 heteroatoms. The molecule has 0 N–H and O–H groups in total. The Kier molecular flexibility index (Phi) is 5.43. The Bertz CT molecular complexity index is 1110. The van der Waals surface area contributed by atoms with Gasteiger partial charge in [-0.3, -0.25) is 14.5 Å². The van der Waals surface area contributed by atoms with Crippen LogP contribution in [0.4, 0.5) is 5.69 Å². The summed E-state index contributed by atoms with van der Waals surface area (Å²) in [5.41, 5.74) is 3.00. The highest BCUT2D eigenvalue weighted by Gasteiger charge is 2.38. The lowest BCUT2D eigenvalue weighted by Crippen LogP contribution is -2.52. The first-order valence-corrected chi connectivity index (χ1v) is 10.9. The second-order valence-electron chi connectivity index (χ2n) is 7.45. The molecule has 154 valence electrons. The van der Waals surface area contributed by atoms with Crippen molar-refractivity contribution < 1.29 is 14.3 Å². The lowest BCUT2D eigenvalue weighted by Gasteiger charge is -2.37. The molecule has 2 aromatic carbocycles. The van der Waals surface area contributed by atoms with E-state index in [1.807, 2.05) is 57.2 Å². The lowest BCUT2D eigenvalue weighted by molar-refractivity contribution is -0.126. The van der Waals surface area contributed by atoms with E-state index in [0.717, 1.165) is 21.1 Å².